The average Bonchev–Trinajstić information content (AvgIpc) is 2.64. The fourth-order valence-corrected chi connectivity index (χ4v) is 4.80. The third-order valence-corrected chi connectivity index (χ3v) is 6.24. The lowest BCUT2D eigenvalue weighted by atomic mass is 9.59. The van der Waals surface area contributed by atoms with Gasteiger partial charge in [0.25, 0.3) is 5.91 Å². The minimum absolute atomic E-state index is 0.0126. The van der Waals surface area contributed by atoms with Crippen LogP contribution in [-0.4, -0.2) is 43.5 Å². The van der Waals surface area contributed by atoms with Gasteiger partial charge in [-0.2, -0.15) is 0 Å². The molecule has 0 bridgehead atoms. The summed E-state index contributed by atoms with van der Waals surface area (Å²) in [6.07, 6.45) is 0.0639. The summed E-state index contributed by atoms with van der Waals surface area (Å²) < 4.78 is 0. The summed E-state index contributed by atoms with van der Waals surface area (Å²) in [5.41, 5.74) is 8.25. The third-order valence-electron chi connectivity index (χ3n) is 6.24. The minimum atomic E-state index is -2.54. The van der Waals surface area contributed by atoms with Crippen molar-refractivity contribution >= 4 is 23.2 Å². The molecule has 152 valence electrons. The van der Waals surface area contributed by atoms with Gasteiger partial charge in [0.2, 0.25) is 5.78 Å². The van der Waals surface area contributed by atoms with Gasteiger partial charge in [-0.25, -0.2) is 0 Å². The Morgan fingerprint density at radius 2 is 1.86 bits per heavy atom. The van der Waals surface area contributed by atoms with E-state index in [-0.39, 0.29) is 42.7 Å². The molecule has 0 aromatic heterocycles. The standard InChI is InChI=1S/C20H20N2O7/c21-6-8-2-1-7-3-9-4-10-5-11(23)14(19(22)28)18(27)20(10,29)17(26)13(9)16(25)12(7)15(8)24/h1-2,9-10,24-25,27,29H,3-6,21H2,(H2,22,28)/t9-,10-,20-/m0/s1. The van der Waals surface area contributed by atoms with Crippen molar-refractivity contribution in [3.05, 3.63) is 45.7 Å². The summed E-state index contributed by atoms with van der Waals surface area (Å²) >= 11 is 0. The number of aromatic hydroxyl groups is 1. The van der Waals surface area contributed by atoms with E-state index in [9.17, 15) is 34.8 Å². The minimum Gasteiger partial charge on any atom is -0.508 e. The number of rotatable bonds is 2. The molecule has 0 saturated heterocycles. The Bertz CT molecular complexity index is 1060. The molecular formula is C20H20N2O7. The van der Waals surface area contributed by atoms with Crippen molar-refractivity contribution in [1.29, 1.82) is 0 Å². The molecule has 3 aliphatic carbocycles. The summed E-state index contributed by atoms with van der Waals surface area (Å²) in [6, 6.07) is 3.33. The maximum atomic E-state index is 13.3. The Kier molecular flexibility index (Phi) is 4.07. The maximum Gasteiger partial charge on any atom is 0.255 e. The highest BCUT2D eigenvalue weighted by molar-refractivity contribution is 6.22. The molecule has 0 radical (unpaired) electrons. The van der Waals surface area contributed by atoms with Crippen molar-refractivity contribution in [3.63, 3.8) is 0 Å². The first kappa shape index (κ1) is 19.2. The van der Waals surface area contributed by atoms with Gasteiger partial charge in [0.05, 0.1) is 5.56 Å². The van der Waals surface area contributed by atoms with Gasteiger partial charge in [-0.05, 0) is 24.3 Å². The van der Waals surface area contributed by atoms with Crippen LogP contribution in [-0.2, 0) is 27.3 Å². The number of carbonyl (C=O) groups excluding carboxylic acids is 3. The Morgan fingerprint density at radius 3 is 2.48 bits per heavy atom. The normalized spacial score (nSPS) is 28.8. The van der Waals surface area contributed by atoms with E-state index >= 15 is 0 Å². The highest BCUT2D eigenvalue weighted by Gasteiger charge is 2.60. The van der Waals surface area contributed by atoms with Crippen molar-refractivity contribution < 1.29 is 34.8 Å². The summed E-state index contributed by atoms with van der Waals surface area (Å²) in [7, 11) is 0. The smallest absolute Gasteiger partial charge is 0.255 e. The lowest BCUT2D eigenvalue weighted by molar-refractivity contribution is -0.147. The van der Waals surface area contributed by atoms with Gasteiger partial charge in [0.15, 0.2) is 11.4 Å². The molecule has 0 heterocycles. The zero-order valence-corrected chi connectivity index (χ0v) is 15.3. The summed E-state index contributed by atoms with van der Waals surface area (Å²) in [5.74, 6) is -6.34. The number of amides is 1. The number of benzene rings is 1. The molecule has 1 aromatic carbocycles. The van der Waals surface area contributed by atoms with Crippen LogP contribution in [0, 0.1) is 11.8 Å². The zero-order chi connectivity index (χ0) is 21.2. The van der Waals surface area contributed by atoms with E-state index in [2.05, 4.69) is 0 Å². The second kappa shape index (κ2) is 6.16. The maximum absolute atomic E-state index is 13.3. The number of ketones is 2. The summed E-state index contributed by atoms with van der Waals surface area (Å²) in [5, 5.41) is 42.9. The molecule has 3 atom stereocenters. The van der Waals surface area contributed by atoms with E-state index < -0.39 is 52.0 Å². The number of fused-ring (bicyclic) bond motifs is 3. The van der Waals surface area contributed by atoms with Crippen molar-refractivity contribution in [2.24, 2.45) is 23.3 Å². The van der Waals surface area contributed by atoms with Crippen LogP contribution >= 0.6 is 0 Å². The van der Waals surface area contributed by atoms with E-state index in [0.717, 1.165) is 0 Å². The highest BCUT2D eigenvalue weighted by atomic mass is 16.3. The number of aliphatic hydroxyl groups excluding tert-OH is 2. The number of carbonyl (C=O) groups is 3. The molecule has 1 saturated carbocycles. The first-order valence-corrected chi connectivity index (χ1v) is 9.14. The lowest BCUT2D eigenvalue weighted by Gasteiger charge is -2.46. The topological polar surface area (TPSA) is 184 Å². The molecule has 9 nitrogen and oxygen atoms in total. The number of Topliss-reactive ketones (excluding diaryl/α,β-unsaturated/α-hetero) is 2. The fourth-order valence-electron chi connectivity index (χ4n) is 4.80. The molecule has 0 unspecified atom stereocenters. The van der Waals surface area contributed by atoms with Crippen LogP contribution in [0.5, 0.6) is 5.75 Å². The van der Waals surface area contributed by atoms with Crippen LogP contribution in [0.4, 0.5) is 0 Å². The lowest BCUT2D eigenvalue weighted by Crippen LogP contribution is -2.58. The zero-order valence-electron chi connectivity index (χ0n) is 15.3. The van der Waals surface area contributed by atoms with Crippen LogP contribution < -0.4 is 11.5 Å². The van der Waals surface area contributed by atoms with E-state index in [0.29, 0.717) is 11.1 Å². The predicted molar refractivity (Wildman–Crippen MR) is 99.3 cm³/mol. The van der Waals surface area contributed by atoms with Gasteiger partial charge in [0, 0.05) is 30.0 Å². The van der Waals surface area contributed by atoms with Crippen LogP contribution in [0.15, 0.2) is 29.0 Å². The van der Waals surface area contributed by atoms with Crippen molar-refractivity contribution in [1.82, 2.24) is 0 Å². The molecule has 8 N–H and O–H groups in total. The second-order valence-electron chi connectivity index (χ2n) is 7.72. The number of phenols is 1. The van der Waals surface area contributed by atoms with Gasteiger partial charge in [-0.3, -0.25) is 14.4 Å². The fraction of sp³-hybridized carbons (Fsp3) is 0.350. The van der Waals surface area contributed by atoms with Crippen LogP contribution in [0.2, 0.25) is 0 Å². The van der Waals surface area contributed by atoms with Crippen molar-refractivity contribution in [2.45, 2.75) is 31.4 Å². The first-order valence-electron chi connectivity index (χ1n) is 9.14. The molecule has 9 heteroatoms. The Hall–Kier alpha value is -3.17. The molecule has 1 amide bonds. The highest BCUT2D eigenvalue weighted by Crippen LogP contribution is 2.52. The number of primary amides is 1. The Morgan fingerprint density at radius 1 is 1.17 bits per heavy atom. The van der Waals surface area contributed by atoms with Gasteiger partial charge in [0.1, 0.15) is 22.8 Å². The van der Waals surface area contributed by atoms with E-state index in [1.165, 1.54) is 0 Å². The molecule has 1 fully saturated rings. The quantitative estimate of drug-likeness (QED) is 0.371. The molecule has 1 aromatic rings. The van der Waals surface area contributed by atoms with Gasteiger partial charge in [-0.1, -0.05) is 12.1 Å². The molecule has 3 aliphatic rings. The van der Waals surface area contributed by atoms with E-state index in [1.54, 1.807) is 12.1 Å². The predicted octanol–water partition coefficient (Wildman–Crippen LogP) is -0.117. The Balaban J connectivity index is 1.93. The van der Waals surface area contributed by atoms with Gasteiger partial charge < -0.3 is 31.9 Å². The number of nitrogens with two attached hydrogens (primary N) is 2. The average molecular weight is 400 g/mol. The second-order valence-corrected chi connectivity index (χ2v) is 7.72. The number of hydrogen-bond donors (Lipinski definition) is 6. The number of phenolic OH excluding ortho intramolecular Hbond substituents is 1. The molecule has 4 rings (SSSR count). The van der Waals surface area contributed by atoms with Gasteiger partial charge in [-0.15, -0.1) is 0 Å². The van der Waals surface area contributed by atoms with Crippen molar-refractivity contribution in [3.8, 4) is 5.75 Å². The van der Waals surface area contributed by atoms with E-state index in [1.807, 2.05) is 0 Å². The largest absolute Gasteiger partial charge is 0.508 e. The molecule has 0 spiro atoms. The SMILES string of the molecule is NCc1ccc2c(c1O)C(O)=C1C(=O)[C@]3(O)C(O)=C(C(N)=O)C(=O)C[C@@H]3C[C@@H]1C2. The van der Waals surface area contributed by atoms with Crippen LogP contribution in [0.1, 0.15) is 29.5 Å². The molecular weight excluding hydrogens is 380 g/mol. The number of hydrogen-bond acceptors (Lipinski definition) is 8. The van der Waals surface area contributed by atoms with Gasteiger partial charge >= 0.3 is 0 Å². The number of aliphatic hydroxyl groups is 3. The molecule has 29 heavy (non-hydrogen) atoms. The van der Waals surface area contributed by atoms with E-state index in [4.69, 9.17) is 11.5 Å². The summed E-state index contributed by atoms with van der Waals surface area (Å²) in [6.45, 7) is 0.0126. The Labute approximate surface area is 164 Å². The van der Waals surface area contributed by atoms with Crippen molar-refractivity contribution in [2.75, 3.05) is 0 Å². The first-order chi connectivity index (χ1) is 13.6. The molecule has 0 aliphatic heterocycles. The monoisotopic (exact) mass is 400 g/mol. The van der Waals surface area contributed by atoms with Crippen LogP contribution in [0.25, 0.3) is 5.76 Å². The van der Waals surface area contributed by atoms with Crippen LogP contribution in [0.3, 0.4) is 0 Å². The summed E-state index contributed by atoms with van der Waals surface area (Å²) in [4.78, 5) is 37.1. The third kappa shape index (κ3) is 2.37.